The third-order valence-electron chi connectivity index (χ3n) is 5.21. The fourth-order valence-corrected chi connectivity index (χ4v) is 3.78. The Balaban J connectivity index is 1.96. The lowest BCUT2D eigenvalue weighted by molar-refractivity contribution is -0.113. The lowest BCUT2D eigenvalue weighted by atomic mass is 9.70. The minimum Gasteiger partial charge on any atom is -0.491 e. The maximum absolute atomic E-state index is 14.9. The van der Waals surface area contributed by atoms with Crippen LogP contribution in [-0.2, 0) is 10.2 Å². The maximum atomic E-state index is 14.9. The van der Waals surface area contributed by atoms with E-state index in [0.29, 0.717) is 36.1 Å². The number of carbonyl (C=O) groups is 1. The van der Waals surface area contributed by atoms with E-state index in [2.05, 4.69) is 0 Å². The van der Waals surface area contributed by atoms with E-state index in [1.165, 1.54) is 6.07 Å². The Hall–Kier alpha value is -2.23. The summed E-state index contributed by atoms with van der Waals surface area (Å²) in [5, 5.41) is 0. The van der Waals surface area contributed by atoms with Gasteiger partial charge < -0.3 is 9.53 Å². The molecule has 1 fully saturated rings. The molecule has 0 aliphatic heterocycles. The van der Waals surface area contributed by atoms with Crippen LogP contribution in [0.1, 0.15) is 51.0 Å². The number of hydrogen-bond donors (Lipinski definition) is 0. The summed E-state index contributed by atoms with van der Waals surface area (Å²) in [5.41, 5.74) is 0.427. The Morgan fingerprint density at radius 1 is 1.12 bits per heavy atom. The standard InChI is InChI=1S/C22H24F2O2/c1-2-13-26-20-8-6-7-17(21(20)24)16-9-10-18(19(23)14-16)22(15-25)11-4-3-5-12-22/h6-10,14-15H,2-5,11-13H2,1H3. The molecule has 0 bridgehead atoms. The van der Waals surface area contributed by atoms with E-state index < -0.39 is 17.0 Å². The first kappa shape index (κ1) is 18.6. The minimum atomic E-state index is -0.745. The fraction of sp³-hybridized carbons (Fsp3) is 0.409. The normalized spacial score (nSPS) is 16.3. The molecule has 1 saturated carbocycles. The third kappa shape index (κ3) is 3.50. The summed E-state index contributed by atoms with van der Waals surface area (Å²) < 4.78 is 35.0. The van der Waals surface area contributed by atoms with Crippen molar-refractivity contribution in [2.45, 2.75) is 50.9 Å². The molecule has 1 aliphatic rings. The van der Waals surface area contributed by atoms with Crippen LogP contribution in [0.5, 0.6) is 5.75 Å². The van der Waals surface area contributed by atoms with Crippen molar-refractivity contribution in [2.24, 2.45) is 0 Å². The first-order valence-corrected chi connectivity index (χ1v) is 9.29. The molecule has 26 heavy (non-hydrogen) atoms. The quantitative estimate of drug-likeness (QED) is 0.608. The summed E-state index contributed by atoms with van der Waals surface area (Å²) >= 11 is 0. The molecule has 0 atom stereocenters. The van der Waals surface area contributed by atoms with E-state index in [9.17, 15) is 13.6 Å². The summed E-state index contributed by atoms with van der Waals surface area (Å²) in [6.07, 6.45) is 5.93. The van der Waals surface area contributed by atoms with Gasteiger partial charge >= 0.3 is 0 Å². The van der Waals surface area contributed by atoms with Gasteiger partial charge in [0.25, 0.3) is 0 Å². The molecule has 1 aliphatic carbocycles. The van der Waals surface area contributed by atoms with Crippen LogP contribution >= 0.6 is 0 Å². The number of rotatable bonds is 6. The molecule has 0 amide bonds. The number of halogens is 2. The summed E-state index contributed by atoms with van der Waals surface area (Å²) in [4.78, 5) is 11.7. The van der Waals surface area contributed by atoms with Crippen molar-refractivity contribution < 1.29 is 18.3 Å². The Labute approximate surface area is 153 Å². The van der Waals surface area contributed by atoms with Crippen molar-refractivity contribution in [3.05, 3.63) is 53.6 Å². The summed E-state index contributed by atoms with van der Waals surface area (Å²) in [7, 11) is 0. The SMILES string of the molecule is CCCOc1cccc(-c2ccc(C3(C=O)CCCCC3)c(F)c2)c1F. The molecule has 2 nitrogen and oxygen atoms in total. The predicted molar refractivity (Wildman–Crippen MR) is 98.4 cm³/mol. The van der Waals surface area contributed by atoms with Crippen molar-refractivity contribution in [2.75, 3.05) is 6.61 Å². The van der Waals surface area contributed by atoms with Crippen LogP contribution < -0.4 is 4.74 Å². The molecule has 0 unspecified atom stereocenters. The van der Waals surface area contributed by atoms with Crippen molar-refractivity contribution in [1.82, 2.24) is 0 Å². The van der Waals surface area contributed by atoms with Gasteiger partial charge in [0.15, 0.2) is 11.6 Å². The number of aldehydes is 1. The molecule has 0 radical (unpaired) electrons. The second-order valence-electron chi connectivity index (χ2n) is 7.00. The van der Waals surface area contributed by atoms with Crippen LogP contribution in [0.15, 0.2) is 36.4 Å². The zero-order valence-electron chi connectivity index (χ0n) is 15.1. The second kappa shape index (κ2) is 7.98. The molecule has 0 saturated heterocycles. The molecule has 138 valence electrons. The van der Waals surface area contributed by atoms with Crippen LogP contribution in [-0.4, -0.2) is 12.9 Å². The molecule has 0 heterocycles. The van der Waals surface area contributed by atoms with Gasteiger partial charge in [-0.2, -0.15) is 0 Å². The van der Waals surface area contributed by atoms with Gasteiger partial charge in [0.05, 0.1) is 12.0 Å². The smallest absolute Gasteiger partial charge is 0.172 e. The first-order valence-electron chi connectivity index (χ1n) is 9.29. The van der Waals surface area contributed by atoms with Crippen LogP contribution in [0, 0.1) is 11.6 Å². The van der Waals surface area contributed by atoms with Gasteiger partial charge in [-0.1, -0.05) is 50.5 Å². The van der Waals surface area contributed by atoms with Gasteiger partial charge in [0, 0.05) is 11.1 Å². The van der Waals surface area contributed by atoms with Crippen LogP contribution in [0.4, 0.5) is 8.78 Å². The predicted octanol–water partition coefficient (Wildman–Crippen LogP) is 5.82. The molecule has 0 N–H and O–H groups in total. The summed E-state index contributed by atoms with van der Waals surface area (Å²) in [5.74, 6) is -0.767. The molecule has 4 heteroatoms. The lowest BCUT2D eigenvalue weighted by Crippen LogP contribution is -2.31. The Morgan fingerprint density at radius 3 is 2.54 bits per heavy atom. The Kier molecular flexibility index (Phi) is 5.70. The molecule has 3 rings (SSSR count). The highest BCUT2D eigenvalue weighted by atomic mass is 19.1. The molecule has 2 aromatic carbocycles. The van der Waals surface area contributed by atoms with Gasteiger partial charge in [-0.15, -0.1) is 0 Å². The lowest BCUT2D eigenvalue weighted by Gasteiger charge is -2.32. The molecule has 2 aromatic rings. The van der Waals surface area contributed by atoms with E-state index in [1.54, 1.807) is 30.3 Å². The summed E-state index contributed by atoms with van der Waals surface area (Å²) in [6, 6.07) is 9.55. The van der Waals surface area contributed by atoms with Gasteiger partial charge in [-0.05, 0) is 37.0 Å². The average Bonchev–Trinajstić information content (AvgIpc) is 2.67. The molecular weight excluding hydrogens is 334 g/mol. The largest absolute Gasteiger partial charge is 0.491 e. The fourth-order valence-electron chi connectivity index (χ4n) is 3.78. The molecular formula is C22H24F2O2. The minimum absolute atomic E-state index is 0.172. The van der Waals surface area contributed by atoms with Crippen LogP contribution in [0.25, 0.3) is 11.1 Å². The number of carbonyl (C=O) groups excluding carboxylic acids is 1. The highest BCUT2D eigenvalue weighted by Crippen LogP contribution is 2.40. The number of ether oxygens (including phenoxy) is 1. The zero-order valence-corrected chi connectivity index (χ0v) is 15.1. The van der Waals surface area contributed by atoms with Crippen molar-refractivity contribution in [1.29, 1.82) is 0 Å². The highest BCUT2D eigenvalue weighted by Gasteiger charge is 2.36. The van der Waals surface area contributed by atoms with Gasteiger partial charge in [0.2, 0.25) is 0 Å². The average molecular weight is 358 g/mol. The van der Waals surface area contributed by atoms with Crippen molar-refractivity contribution >= 4 is 6.29 Å². The second-order valence-corrected chi connectivity index (χ2v) is 7.00. The number of hydrogen-bond acceptors (Lipinski definition) is 2. The van der Waals surface area contributed by atoms with Gasteiger partial charge in [0.1, 0.15) is 12.1 Å². The number of benzene rings is 2. The van der Waals surface area contributed by atoms with E-state index in [4.69, 9.17) is 4.74 Å². The zero-order chi connectivity index (χ0) is 18.6. The maximum Gasteiger partial charge on any atom is 0.172 e. The van der Waals surface area contributed by atoms with E-state index in [-0.39, 0.29) is 5.75 Å². The van der Waals surface area contributed by atoms with E-state index in [1.807, 2.05) is 6.92 Å². The van der Waals surface area contributed by atoms with Crippen LogP contribution in [0.3, 0.4) is 0 Å². The van der Waals surface area contributed by atoms with Crippen molar-refractivity contribution in [3.63, 3.8) is 0 Å². The van der Waals surface area contributed by atoms with E-state index >= 15 is 0 Å². The van der Waals surface area contributed by atoms with Gasteiger partial charge in [-0.3, -0.25) is 0 Å². The summed E-state index contributed by atoms with van der Waals surface area (Å²) in [6.45, 7) is 2.37. The molecule has 0 spiro atoms. The Bertz CT molecular complexity index is 780. The monoisotopic (exact) mass is 358 g/mol. The van der Waals surface area contributed by atoms with Gasteiger partial charge in [-0.25, -0.2) is 8.78 Å². The Morgan fingerprint density at radius 2 is 1.88 bits per heavy atom. The highest BCUT2D eigenvalue weighted by molar-refractivity contribution is 5.72. The first-order chi connectivity index (χ1) is 12.6. The topological polar surface area (TPSA) is 26.3 Å². The van der Waals surface area contributed by atoms with Crippen molar-refractivity contribution in [3.8, 4) is 16.9 Å². The molecule has 0 aromatic heterocycles. The third-order valence-corrected chi connectivity index (χ3v) is 5.21. The van der Waals surface area contributed by atoms with E-state index in [0.717, 1.165) is 32.0 Å². The van der Waals surface area contributed by atoms with Crippen LogP contribution in [0.2, 0.25) is 0 Å².